The summed E-state index contributed by atoms with van der Waals surface area (Å²) in [7, 11) is 0. The number of carbonyl (C=O) groups is 2. The van der Waals surface area contributed by atoms with Crippen molar-refractivity contribution in [2.75, 3.05) is 16.8 Å². The molecule has 1 fully saturated rings. The molecule has 2 aromatic carbocycles. The Hall–Kier alpha value is -2.82. The standard InChI is InChI=1S/C20H22N2O3/c1-4-25-16-8-6-15(7-9-16)22-19(23)12-18(20(22)24)21-17-10-5-13(2)11-14(17)3/h5-11,18,21H,4,12H2,1-3H3/t18-/m0/s1. The first-order chi connectivity index (χ1) is 12.0. The van der Waals surface area contributed by atoms with Gasteiger partial charge in [0.05, 0.1) is 18.7 Å². The van der Waals surface area contributed by atoms with Gasteiger partial charge in [-0.2, -0.15) is 0 Å². The second-order valence-electron chi connectivity index (χ2n) is 6.21. The molecule has 0 unspecified atom stereocenters. The zero-order valence-electron chi connectivity index (χ0n) is 14.7. The molecule has 0 aromatic heterocycles. The van der Waals surface area contributed by atoms with E-state index < -0.39 is 6.04 Å². The quantitative estimate of drug-likeness (QED) is 0.849. The molecule has 1 aliphatic heterocycles. The lowest BCUT2D eigenvalue weighted by Crippen LogP contribution is -2.34. The van der Waals surface area contributed by atoms with Crippen LogP contribution in [-0.2, 0) is 9.59 Å². The molecule has 1 aliphatic rings. The largest absolute Gasteiger partial charge is 0.494 e. The number of imide groups is 1. The molecule has 2 amide bonds. The van der Waals surface area contributed by atoms with E-state index >= 15 is 0 Å². The summed E-state index contributed by atoms with van der Waals surface area (Å²) in [5.41, 5.74) is 3.67. The van der Waals surface area contributed by atoms with Gasteiger partial charge < -0.3 is 10.1 Å². The van der Waals surface area contributed by atoms with E-state index in [0.717, 1.165) is 22.6 Å². The summed E-state index contributed by atoms with van der Waals surface area (Å²) >= 11 is 0. The first-order valence-corrected chi connectivity index (χ1v) is 8.43. The van der Waals surface area contributed by atoms with Gasteiger partial charge in [-0.1, -0.05) is 17.7 Å². The minimum absolute atomic E-state index is 0.152. The minimum atomic E-state index is -0.541. The Labute approximate surface area is 147 Å². The average Bonchev–Trinajstić information content (AvgIpc) is 2.85. The third-order valence-electron chi connectivity index (χ3n) is 4.26. The van der Waals surface area contributed by atoms with Crippen LogP contribution in [0, 0.1) is 13.8 Å². The van der Waals surface area contributed by atoms with Crippen molar-refractivity contribution in [1.82, 2.24) is 0 Å². The number of amides is 2. The van der Waals surface area contributed by atoms with Gasteiger partial charge in [-0.15, -0.1) is 0 Å². The summed E-state index contributed by atoms with van der Waals surface area (Å²) in [5, 5.41) is 3.21. The number of benzene rings is 2. The van der Waals surface area contributed by atoms with E-state index in [1.165, 1.54) is 4.90 Å². The van der Waals surface area contributed by atoms with Crippen LogP contribution in [0.1, 0.15) is 24.5 Å². The van der Waals surface area contributed by atoms with Crippen molar-refractivity contribution in [3.05, 3.63) is 53.6 Å². The Balaban J connectivity index is 1.77. The molecule has 1 atom stereocenters. The highest BCUT2D eigenvalue weighted by molar-refractivity contribution is 6.23. The van der Waals surface area contributed by atoms with Crippen molar-refractivity contribution in [2.24, 2.45) is 0 Å². The fourth-order valence-corrected chi connectivity index (χ4v) is 3.04. The van der Waals surface area contributed by atoms with Crippen molar-refractivity contribution in [2.45, 2.75) is 33.2 Å². The SMILES string of the molecule is CCOc1ccc(N2C(=O)C[C@H](Nc3ccc(C)cc3C)C2=O)cc1. The summed E-state index contributed by atoms with van der Waals surface area (Å²) in [5.74, 6) is 0.292. The molecule has 0 spiro atoms. The lowest BCUT2D eigenvalue weighted by Gasteiger charge is -2.17. The van der Waals surface area contributed by atoms with E-state index in [2.05, 4.69) is 5.32 Å². The van der Waals surface area contributed by atoms with Crippen molar-refractivity contribution in [3.8, 4) is 5.75 Å². The van der Waals surface area contributed by atoms with E-state index in [-0.39, 0.29) is 18.2 Å². The second-order valence-corrected chi connectivity index (χ2v) is 6.21. The molecule has 2 aromatic rings. The lowest BCUT2D eigenvalue weighted by molar-refractivity contribution is -0.121. The number of hydrogen-bond acceptors (Lipinski definition) is 4. The average molecular weight is 338 g/mol. The highest BCUT2D eigenvalue weighted by atomic mass is 16.5. The fraction of sp³-hybridized carbons (Fsp3) is 0.300. The van der Waals surface area contributed by atoms with E-state index in [0.29, 0.717) is 12.3 Å². The van der Waals surface area contributed by atoms with Gasteiger partial charge in [0, 0.05) is 5.69 Å². The molecule has 5 heteroatoms. The highest BCUT2D eigenvalue weighted by Crippen LogP contribution is 2.27. The van der Waals surface area contributed by atoms with Crippen molar-refractivity contribution < 1.29 is 14.3 Å². The molecule has 0 aliphatic carbocycles. The van der Waals surface area contributed by atoms with Gasteiger partial charge in [-0.25, -0.2) is 4.90 Å². The number of ether oxygens (including phenoxy) is 1. The van der Waals surface area contributed by atoms with Gasteiger partial charge in [-0.05, 0) is 56.7 Å². The Morgan fingerprint density at radius 2 is 1.84 bits per heavy atom. The molecule has 0 radical (unpaired) electrons. The summed E-state index contributed by atoms with van der Waals surface area (Å²) in [4.78, 5) is 26.3. The lowest BCUT2D eigenvalue weighted by atomic mass is 10.1. The summed E-state index contributed by atoms with van der Waals surface area (Å²) < 4.78 is 5.40. The van der Waals surface area contributed by atoms with E-state index in [9.17, 15) is 9.59 Å². The Kier molecular flexibility index (Phi) is 4.74. The Morgan fingerprint density at radius 1 is 1.12 bits per heavy atom. The molecule has 1 N–H and O–H groups in total. The second kappa shape index (κ2) is 6.97. The molecule has 0 saturated carbocycles. The van der Waals surface area contributed by atoms with Gasteiger partial charge in [0.2, 0.25) is 5.91 Å². The monoisotopic (exact) mass is 338 g/mol. The van der Waals surface area contributed by atoms with Crippen molar-refractivity contribution in [3.63, 3.8) is 0 Å². The molecule has 0 bridgehead atoms. The van der Waals surface area contributed by atoms with Gasteiger partial charge >= 0.3 is 0 Å². The molecule has 5 nitrogen and oxygen atoms in total. The van der Waals surface area contributed by atoms with Crippen LogP contribution in [0.25, 0.3) is 0 Å². The first kappa shape index (κ1) is 17.0. The van der Waals surface area contributed by atoms with E-state index in [1.54, 1.807) is 24.3 Å². The smallest absolute Gasteiger partial charge is 0.256 e. The third-order valence-corrected chi connectivity index (χ3v) is 4.26. The zero-order valence-corrected chi connectivity index (χ0v) is 14.7. The Bertz CT molecular complexity index is 799. The van der Waals surface area contributed by atoms with Crippen molar-refractivity contribution >= 4 is 23.2 Å². The predicted octanol–water partition coefficient (Wildman–Crippen LogP) is 3.45. The van der Waals surface area contributed by atoms with Crippen LogP contribution in [0.3, 0.4) is 0 Å². The molecule has 130 valence electrons. The maximum absolute atomic E-state index is 12.7. The minimum Gasteiger partial charge on any atom is -0.494 e. The molecule has 3 rings (SSSR count). The van der Waals surface area contributed by atoms with Gasteiger partial charge in [0.15, 0.2) is 0 Å². The van der Waals surface area contributed by atoms with Gasteiger partial charge in [-0.3, -0.25) is 9.59 Å². The Morgan fingerprint density at radius 3 is 2.48 bits per heavy atom. The fourth-order valence-electron chi connectivity index (χ4n) is 3.04. The summed E-state index contributed by atoms with van der Waals surface area (Å²) in [6.07, 6.45) is 0.152. The number of anilines is 2. The van der Waals surface area contributed by atoms with Crippen LogP contribution in [-0.4, -0.2) is 24.5 Å². The normalized spacial score (nSPS) is 17.1. The zero-order chi connectivity index (χ0) is 18.0. The van der Waals surface area contributed by atoms with E-state index in [1.807, 2.05) is 39.0 Å². The number of aryl methyl sites for hydroxylation is 2. The molecule has 1 saturated heterocycles. The van der Waals surface area contributed by atoms with Crippen molar-refractivity contribution in [1.29, 1.82) is 0 Å². The maximum atomic E-state index is 12.7. The highest BCUT2D eigenvalue weighted by Gasteiger charge is 2.39. The van der Waals surface area contributed by atoms with Crippen LogP contribution in [0.15, 0.2) is 42.5 Å². The van der Waals surface area contributed by atoms with Gasteiger partial charge in [0.1, 0.15) is 11.8 Å². The summed E-state index contributed by atoms with van der Waals surface area (Å²) in [6.45, 7) is 6.49. The van der Waals surface area contributed by atoms with Crippen LogP contribution < -0.4 is 15.0 Å². The van der Waals surface area contributed by atoms with E-state index in [4.69, 9.17) is 4.74 Å². The molecular weight excluding hydrogens is 316 g/mol. The molecular formula is C20H22N2O3. The number of nitrogens with zero attached hydrogens (tertiary/aromatic N) is 1. The van der Waals surface area contributed by atoms with Gasteiger partial charge in [0.25, 0.3) is 5.91 Å². The van der Waals surface area contributed by atoms with Crippen LogP contribution >= 0.6 is 0 Å². The van der Waals surface area contributed by atoms with Crippen LogP contribution in [0.4, 0.5) is 11.4 Å². The third kappa shape index (κ3) is 3.50. The number of carbonyl (C=O) groups excluding carboxylic acids is 2. The molecule has 25 heavy (non-hydrogen) atoms. The number of nitrogens with one attached hydrogen (secondary N) is 1. The number of hydrogen-bond donors (Lipinski definition) is 1. The van der Waals surface area contributed by atoms with Crippen LogP contribution in [0.2, 0.25) is 0 Å². The predicted molar refractivity (Wildman–Crippen MR) is 98.0 cm³/mol. The maximum Gasteiger partial charge on any atom is 0.256 e. The van der Waals surface area contributed by atoms with Crippen LogP contribution in [0.5, 0.6) is 5.75 Å². The topological polar surface area (TPSA) is 58.6 Å². The molecule has 1 heterocycles. The number of rotatable bonds is 5. The summed E-state index contributed by atoms with van der Waals surface area (Å²) in [6, 6.07) is 12.5. The first-order valence-electron chi connectivity index (χ1n) is 8.43.